The summed E-state index contributed by atoms with van der Waals surface area (Å²) in [4.78, 5) is 20.4. The van der Waals surface area contributed by atoms with Crippen LogP contribution in [0, 0.1) is 0 Å². The summed E-state index contributed by atoms with van der Waals surface area (Å²) in [5.74, 6) is -1.10. The molecule has 15 heavy (non-hydrogen) atoms. The van der Waals surface area contributed by atoms with Crippen molar-refractivity contribution in [2.24, 2.45) is 0 Å². The highest BCUT2D eigenvalue weighted by Crippen LogP contribution is 2.32. The van der Waals surface area contributed by atoms with Gasteiger partial charge >= 0.3 is 5.97 Å². The van der Waals surface area contributed by atoms with Gasteiger partial charge in [0.2, 0.25) is 0 Å². The van der Waals surface area contributed by atoms with Gasteiger partial charge in [0.15, 0.2) is 5.44 Å². The van der Waals surface area contributed by atoms with E-state index >= 15 is 0 Å². The number of carboxylic acid groups (broad SMARTS) is 1. The summed E-state index contributed by atoms with van der Waals surface area (Å²) < 4.78 is 4.90. The predicted octanol–water partition coefficient (Wildman–Crippen LogP) is 0.980. The fourth-order valence-electron chi connectivity index (χ4n) is 0.852. The Balaban J connectivity index is 0.000000423. The van der Waals surface area contributed by atoms with Crippen molar-refractivity contribution in [2.45, 2.75) is 25.7 Å². The number of ether oxygens (including phenoxy) is 1. The maximum absolute atomic E-state index is 10.5. The number of aliphatic hydroxyl groups is 1. The van der Waals surface area contributed by atoms with Crippen LogP contribution in [0.2, 0.25) is 0 Å². The van der Waals surface area contributed by atoms with Gasteiger partial charge in [0.25, 0.3) is 5.97 Å². The topological polar surface area (TPSA) is 83.8 Å². The molecule has 1 unspecified atom stereocenters. The molecule has 1 atom stereocenters. The fourth-order valence-corrected chi connectivity index (χ4v) is 1.83. The Morgan fingerprint density at radius 1 is 1.60 bits per heavy atom. The molecule has 0 saturated heterocycles. The summed E-state index contributed by atoms with van der Waals surface area (Å²) in [6.07, 6.45) is 2.60. The molecule has 0 saturated carbocycles. The molecule has 0 aromatic carbocycles. The molecule has 1 rings (SSSR count). The number of thioether (sulfide) groups is 1. The van der Waals surface area contributed by atoms with Crippen molar-refractivity contribution < 1.29 is 24.5 Å². The SMILES string of the molecule is CC(=O)O.CC(=O)OC1CC=C(CO)S1. The number of carbonyl (C=O) groups is 2. The molecule has 5 nitrogen and oxygen atoms in total. The summed E-state index contributed by atoms with van der Waals surface area (Å²) in [6, 6.07) is 0. The summed E-state index contributed by atoms with van der Waals surface area (Å²) in [5.41, 5.74) is -0.116. The monoisotopic (exact) mass is 234 g/mol. The van der Waals surface area contributed by atoms with Gasteiger partial charge in [0.05, 0.1) is 6.61 Å². The molecule has 0 aromatic heterocycles. The van der Waals surface area contributed by atoms with Crippen LogP contribution >= 0.6 is 11.8 Å². The van der Waals surface area contributed by atoms with Crippen molar-refractivity contribution in [3.05, 3.63) is 11.0 Å². The van der Waals surface area contributed by atoms with E-state index < -0.39 is 5.97 Å². The van der Waals surface area contributed by atoms with E-state index in [1.807, 2.05) is 6.08 Å². The Morgan fingerprint density at radius 2 is 2.13 bits per heavy atom. The minimum absolute atomic E-state index is 0.0441. The summed E-state index contributed by atoms with van der Waals surface area (Å²) in [6.45, 7) is 2.51. The molecule has 0 amide bonds. The van der Waals surface area contributed by atoms with E-state index in [-0.39, 0.29) is 18.0 Å². The molecule has 0 spiro atoms. The highest BCUT2D eigenvalue weighted by molar-refractivity contribution is 8.03. The summed E-state index contributed by atoms with van der Waals surface area (Å²) in [7, 11) is 0. The Kier molecular flexibility index (Phi) is 6.81. The van der Waals surface area contributed by atoms with Gasteiger partial charge in [-0.3, -0.25) is 9.59 Å². The van der Waals surface area contributed by atoms with Crippen molar-refractivity contribution in [3.63, 3.8) is 0 Å². The lowest BCUT2D eigenvalue weighted by molar-refractivity contribution is -0.142. The molecule has 0 bridgehead atoms. The Labute approximate surface area is 92.1 Å². The van der Waals surface area contributed by atoms with Gasteiger partial charge in [0.1, 0.15) is 0 Å². The number of carboxylic acids is 1. The number of esters is 1. The molecular formula is C9H14O5S. The normalized spacial score (nSPS) is 18.6. The maximum Gasteiger partial charge on any atom is 0.303 e. The number of aliphatic carboxylic acids is 1. The van der Waals surface area contributed by atoms with Crippen LogP contribution in [0.3, 0.4) is 0 Å². The first kappa shape index (κ1) is 14.0. The van der Waals surface area contributed by atoms with Gasteiger partial charge in [-0.15, -0.1) is 0 Å². The van der Waals surface area contributed by atoms with E-state index in [0.29, 0.717) is 6.42 Å². The summed E-state index contributed by atoms with van der Waals surface area (Å²) in [5, 5.41) is 16.1. The molecule has 1 aliphatic heterocycles. The second kappa shape index (κ2) is 7.30. The quantitative estimate of drug-likeness (QED) is 0.693. The van der Waals surface area contributed by atoms with Crippen LogP contribution in [0.1, 0.15) is 20.3 Å². The second-order valence-electron chi connectivity index (χ2n) is 2.74. The zero-order valence-electron chi connectivity index (χ0n) is 8.60. The number of hydrogen-bond acceptors (Lipinski definition) is 5. The van der Waals surface area contributed by atoms with Gasteiger partial charge in [-0.25, -0.2) is 0 Å². The van der Waals surface area contributed by atoms with Crippen molar-refractivity contribution in [2.75, 3.05) is 6.61 Å². The van der Waals surface area contributed by atoms with Gasteiger partial charge in [-0.2, -0.15) is 0 Å². The van der Waals surface area contributed by atoms with E-state index in [9.17, 15) is 4.79 Å². The molecular weight excluding hydrogens is 220 g/mol. The fraction of sp³-hybridized carbons (Fsp3) is 0.556. The van der Waals surface area contributed by atoms with Crippen LogP contribution in [0.15, 0.2) is 11.0 Å². The van der Waals surface area contributed by atoms with Crippen molar-refractivity contribution in [1.29, 1.82) is 0 Å². The lowest BCUT2D eigenvalue weighted by Gasteiger charge is -2.08. The van der Waals surface area contributed by atoms with E-state index in [2.05, 4.69) is 0 Å². The first-order valence-electron chi connectivity index (χ1n) is 4.29. The van der Waals surface area contributed by atoms with E-state index in [1.54, 1.807) is 0 Å². The van der Waals surface area contributed by atoms with Crippen molar-refractivity contribution >= 4 is 23.7 Å². The molecule has 0 aliphatic carbocycles. The average Bonchev–Trinajstić information content (AvgIpc) is 2.50. The Hall–Kier alpha value is -1.01. The molecule has 6 heteroatoms. The molecule has 0 fully saturated rings. The van der Waals surface area contributed by atoms with Crippen LogP contribution in [0.5, 0.6) is 0 Å². The smallest absolute Gasteiger partial charge is 0.303 e. The number of carbonyl (C=O) groups excluding carboxylic acids is 1. The van der Waals surface area contributed by atoms with Crippen LogP contribution in [-0.4, -0.2) is 34.2 Å². The molecule has 0 radical (unpaired) electrons. The second-order valence-corrected chi connectivity index (χ2v) is 4.03. The minimum atomic E-state index is -0.833. The maximum atomic E-state index is 10.5. The van der Waals surface area contributed by atoms with E-state index in [1.165, 1.54) is 18.7 Å². The standard InChI is InChI=1S/C7H10O3S.C2H4O2/c1-5(9)10-7-3-2-6(4-8)11-7;1-2(3)4/h2,7-8H,3-4H2,1H3;1H3,(H,3,4). The zero-order valence-corrected chi connectivity index (χ0v) is 9.41. The van der Waals surface area contributed by atoms with Crippen LogP contribution in [-0.2, 0) is 14.3 Å². The van der Waals surface area contributed by atoms with E-state index in [4.69, 9.17) is 19.7 Å². The highest BCUT2D eigenvalue weighted by atomic mass is 32.2. The molecule has 1 heterocycles. The average molecular weight is 234 g/mol. The van der Waals surface area contributed by atoms with Crippen molar-refractivity contribution in [3.8, 4) is 0 Å². The van der Waals surface area contributed by atoms with Gasteiger partial charge < -0.3 is 14.9 Å². The third-order valence-corrected chi connectivity index (χ3v) is 2.42. The number of hydrogen-bond donors (Lipinski definition) is 2. The van der Waals surface area contributed by atoms with Crippen molar-refractivity contribution in [1.82, 2.24) is 0 Å². The summed E-state index contributed by atoms with van der Waals surface area (Å²) >= 11 is 1.41. The van der Waals surface area contributed by atoms with Crippen LogP contribution in [0.25, 0.3) is 0 Å². The lowest BCUT2D eigenvalue weighted by Crippen LogP contribution is -2.08. The largest absolute Gasteiger partial charge is 0.481 e. The van der Waals surface area contributed by atoms with Crippen LogP contribution < -0.4 is 0 Å². The van der Waals surface area contributed by atoms with Gasteiger partial charge in [-0.05, 0) is 0 Å². The highest BCUT2D eigenvalue weighted by Gasteiger charge is 2.19. The molecule has 1 aliphatic rings. The minimum Gasteiger partial charge on any atom is -0.481 e. The third kappa shape index (κ3) is 8.02. The number of aliphatic hydroxyl groups excluding tert-OH is 1. The zero-order chi connectivity index (χ0) is 11.8. The van der Waals surface area contributed by atoms with Crippen LogP contribution in [0.4, 0.5) is 0 Å². The van der Waals surface area contributed by atoms with Gasteiger partial charge in [-0.1, -0.05) is 17.8 Å². The molecule has 86 valence electrons. The Bertz CT molecular complexity index is 257. The first-order chi connectivity index (χ1) is 6.95. The van der Waals surface area contributed by atoms with E-state index in [0.717, 1.165) is 11.8 Å². The number of rotatable bonds is 2. The molecule has 2 N–H and O–H groups in total. The predicted molar refractivity (Wildman–Crippen MR) is 56.2 cm³/mol. The lowest BCUT2D eigenvalue weighted by atomic mass is 10.4. The third-order valence-electron chi connectivity index (χ3n) is 1.27. The van der Waals surface area contributed by atoms with Gasteiger partial charge in [0, 0.05) is 25.2 Å². The molecule has 0 aromatic rings. The Morgan fingerprint density at radius 3 is 2.47 bits per heavy atom. The first-order valence-corrected chi connectivity index (χ1v) is 5.17.